The Balaban J connectivity index is 1.70. The predicted molar refractivity (Wildman–Crippen MR) is 253 cm³/mol. The van der Waals surface area contributed by atoms with Crippen molar-refractivity contribution in [2.24, 2.45) is 29.6 Å². The van der Waals surface area contributed by atoms with E-state index in [1.807, 2.05) is 39.0 Å². The van der Waals surface area contributed by atoms with Gasteiger partial charge in [-0.2, -0.15) is 0 Å². The number of methoxy groups -OCH3 is 3. The Morgan fingerprint density at radius 3 is 2.26 bits per heavy atom. The van der Waals surface area contributed by atoms with Crippen molar-refractivity contribution in [1.82, 2.24) is 4.90 Å². The molecule has 0 aromatic heterocycles. The van der Waals surface area contributed by atoms with Gasteiger partial charge in [-0.15, -0.1) is 0 Å². The summed E-state index contributed by atoms with van der Waals surface area (Å²) in [6, 6.07) is -1.17. The molecule has 4 N–H and O–H groups in total. The molecule has 0 aromatic rings. The number of fused-ring (bicyclic) bond motifs is 3. The van der Waals surface area contributed by atoms with Gasteiger partial charge in [-0.25, -0.2) is 4.79 Å². The first-order valence-corrected chi connectivity index (χ1v) is 24.7. The van der Waals surface area contributed by atoms with Gasteiger partial charge in [-0.1, -0.05) is 64.2 Å². The third-order valence-corrected chi connectivity index (χ3v) is 14.6. The molecule has 4 aliphatic rings. The highest BCUT2D eigenvalue weighted by atomic mass is 16.6. The van der Waals surface area contributed by atoms with E-state index in [0.29, 0.717) is 44.9 Å². The van der Waals surface area contributed by atoms with Crippen LogP contribution in [0.2, 0.25) is 0 Å². The second kappa shape index (κ2) is 27.2. The van der Waals surface area contributed by atoms with Gasteiger partial charge in [0.1, 0.15) is 36.2 Å². The lowest BCUT2D eigenvalue weighted by atomic mass is 9.78. The van der Waals surface area contributed by atoms with Crippen LogP contribution < -0.4 is 0 Å². The minimum atomic E-state index is -2.45. The normalized spacial score (nSPS) is 39.2. The van der Waals surface area contributed by atoms with Crippen molar-refractivity contribution in [3.05, 3.63) is 47.6 Å². The zero-order valence-corrected chi connectivity index (χ0v) is 41.9. The van der Waals surface area contributed by atoms with E-state index < -0.39 is 83.7 Å². The minimum Gasteiger partial charge on any atom is -0.460 e. The first kappa shape index (κ1) is 57.1. The fourth-order valence-corrected chi connectivity index (χ4v) is 10.2. The molecule has 3 fully saturated rings. The van der Waals surface area contributed by atoms with Crippen LogP contribution in [0.4, 0.5) is 0 Å². The van der Waals surface area contributed by atoms with Crippen molar-refractivity contribution in [1.29, 1.82) is 0 Å². The molecule has 0 spiro atoms. The van der Waals surface area contributed by atoms with Crippen LogP contribution in [0.1, 0.15) is 119 Å². The Kier molecular flexibility index (Phi) is 22.9. The Hall–Kier alpha value is -3.45. The molecule has 3 heterocycles. The number of aliphatic hydroxyl groups is 4. The van der Waals surface area contributed by atoms with Crippen LogP contribution in [-0.4, -0.2) is 156 Å². The number of carbonyl (C=O) groups is 5. The molecule has 68 heavy (non-hydrogen) atoms. The highest BCUT2D eigenvalue weighted by Crippen LogP contribution is 2.38. The minimum absolute atomic E-state index is 0.0659. The summed E-state index contributed by atoms with van der Waals surface area (Å²) < 4.78 is 35.3. The maximum Gasteiger partial charge on any atom is 0.329 e. The molecule has 15 atom stereocenters. The van der Waals surface area contributed by atoms with E-state index >= 15 is 0 Å². The fourth-order valence-electron chi connectivity index (χ4n) is 10.2. The SMILES string of the molecule is CO[C@H]1C[C@@H]2CC[C@@H](C)[C@@](O)(O2)C(=O)C(=O)N2CCCC[C@H]2C(=O)O[C@H]([C@H](C)C[C@@H]2CC[C@@H](OCCO)[C@H](OC)C2)CC(=O)[C@H](C)/C=C(\C)[C@@H](O)[C@@H](OC)C(=O)C(O)C[C@H](C)/C=C/C=C/C=C/1C. The number of ketones is 3. The maximum atomic E-state index is 14.4. The average Bonchev–Trinajstić information content (AvgIpc) is 3.32. The van der Waals surface area contributed by atoms with E-state index in [0.717, 1.165) is 12.0 Å². The summed E-state index contributed by atoms with van der Waals surface area (Å²) in [5.74, 6) is -8.46. The van der Waals surface area contributed by atoms with Gasteiger partial charge in [0.05, 0.1) is 37.6 Å². The molecule has 0 radical (unpaired) electrons. The van der Waals surface area contributed by atoms with Gasteiger partial charge in [0.25, 0.3) is 11.7 Å². The summed E-state index contributed by atoms with van der Waals surface area (Å²) >= 11 is 0. The van der Waals surface area contributed by atoms with Crippen molar-refractivity contribution in [2.75, 3.05) is 41.1 Å². The molecule has 2 saturated heterocycles. The van der Waals surface area contributed by atoms with Crippen molar-refractivity contribution >= 4 is 29.2 Å². The zero-order chi connectivity index (χ0) is 50.3. The summed E-state index contributed by atoms with van der Waals surface area (Å²) in [4.78, 5) is 71.8. The molecule has 384 valence electrons. The largest absolute Gasteiger partial charge is 0.460 e. The van der Waals surface area contributed by atoms with Gasteiger partial charge >= 0.3 is 5.97 Å². The fraction of sp³-hybridized carbons (Fsp3) is 0.750. The zero-order valence-electron chi connectivity index (χ0n) is 41.9. The quantitative estimate of drug-likeness (QED) is 0.137. The number of carbonyl (C=O) groups excluding carboxylic acids is 5. The first-order chi connectivity index (χ1) is 32.3. The maximum absolute atomic E-state index is 14.4. The smallest absolute Gasteiger partial charge is 0.329 e. The number of hydrogen-bond donors (Lipinski definition) is 4. The van der Waals surface area contributed by atoms with Crippen LogP contribution >= 0.6 is 0 Å². The second-order valence-corrected chi connectivity index (χ2v) is 19.8. The van der Waals surface area contributed by atoms with Gasteiger partial charge in [0, 0.05) is 52.6 Å². The lowest BCUT2D eigenvalue weighted by molar-refractivity contribution is -0.265. The Bertz CT molecular complexity index is 1810. The van der Waals surface area contributed by atoms with E-state index in [4.69, 9.17) is 28.4 Å². The number of esters is 1. The molecule has 1 saturated carbocycles. The molecule has 16 nitrogen and oxygen atoms in total. The highest BCUT2D eigenvalue weighted by molar-refractivity contribution is 6.39. The lowest BCUT2D eigenvalue weighted by Crippen LogP contribution is -2.61. The van der Waals surface area contributed by atoms with Gasteiger partial charge in [-0.05, 0) is 107 Å². The van der Waals surface area contributed by atoms with E-state index in [1.54, 1.807) is 47.1 Å². The van der Waals surface area contributed by atoms with Crippen LogP contribution in [0.15, 0.2) is 47.6 Å². The summed E-state index contributed by atoms with van der Waals surface area (Å²) in [7, 11) is 4.44. The number of cyclic esters (lactones) is 1. The standard InChI is InChI=1S/C52H81NO15/c1-31-15-11-10-12-16-32(2)43(63-7)29-38-20-18-36(6)52(62,68-38)49(59)50(60)53-22-14-13-17-39(53)51(61)67-44(34(4)27-37-19-21-42(66-24-23-54)45(28-37)64-8)30-40(55)33(3)26-35(5)46(57)48(65-9)47(58)41(56)25-31/h10-12,15-16,26,31,33-34,36-39,41-46,48,54,56-57,62H,13-14,17-25,27-30H2,1-9H3/b12-10+,15-11+,32-16+,35-26+/t31-,33-,34-,36-,37+,38+,39+,41?,42-,43+,44+,45-,46-,48-,52-/m1/s1. The number of piperidine rings is 1. The Morgan fingerprint density at radius 1 is 0.853 bits per heavy atom. The molecule has 16 heteroatoms. The molecular formula is C52H81NO15. The molecule has 1 unspecified atom stereocenters. The second-order valence-electron chi connectivity index (χ2n) is 19.8. The van der Waals surface area contributed by atoms with Crippen molar-refractivity contribution < 1.29 is 72.8 Å². The summed E-state index contributed by atoms with van der Waals surface area (Å²) in [6.45, 7) is 10.7. The molecule has 4 rings (SSSR count). The van der Waals surface area contributed by atoms with Crippen molar-refractivity contribution in [2.45, 2.75) is 179 Å². The molecule has 3 aliphatic heterocycles. The topological polar surface area (TPSA) is 225 Å². The van der Waals surface area contributed by atoms with Crippen LogP contribution in [0.25, 0.3) is 0 Å². The number of Topliss-reactive ketones (excluding diaryl/α,β-unsaturated/α-hetero) is 3. The first-order valence-electron chi connectivity index (χ1n) is 24.7. The number of ether oxygens (including phenoxy) is 6. The van der Waals surface area contributed by atoms with Crippen LogP contribution in [0, 0.1) is 29.6 Å². The Labute approximate surface area is 403 Å². The Morgan fingerprint density at radius 2 is 1.59 bits per heavy atom. The van der Waals surface area contributed by atoms with Crippen LogP contribution in [0.5, 0.6) is 0 Å². The lowest BCUT2D eigenvalue weighted by Gasteiger charge is -2.42. The van der Waals surface area contributed by atoms with E-state index in [-0.39, 0.29) is 86.8 Å². The highest BCUT2D eigenvalue weighted by Gasteiger charge is 2.53. The van der Waals surface area contributed by atoms with Gasteiger partial charge in [0.2, 0.25) is 5.79 Å². The van der Waals surface area contributed by atoms with Crippen molar-refractivity contribution in [3.8, 4) is 0 Å². The van der Waals surface area contributed by atoms with E-state index in [9.17, 15) is 44.4 Å². The van der Waals surface area contributed by atoms with Crippen molar-refractivity contribution in [3.63, 3.8) is 0 Å². The molecule has 1 amide bonds. The molecule has 2 bridgehead atoms. The van der Waals surface area contributed by atoms with E-state index in [1.165, 1.54) is 18.1 Å². The summed E-state index contributed by atoms with van der Waals surface area (Å²) in [5.41, 5.74) is 1.11. The van der Waals surface area contributed by atoms with Gasteiger partial charge in [-0.3, -0.25) is 19.2 Å². The average molecular weight is 960 g/mol. The number of aliphatic hydroxyl groups excluding tert-OH is 3. The third kappa shape index (κ3) is 15.3. The molecule has 1 aliphatic carbocycles. The number of amides is 1. The molecule has 0 aromatic carbocycles. The van der Waals surface area contributed by atoms with E-state index in [2.05, 4.69) is 0 Å². The number of rotatable bonds is 9. The number of nitrogens with zero attached hydrogens (tertiary/aromatic N) is 1. The predicted octanol–water partition coefficient (Wildman–Crippen LogP) is 4.92. The summed E-state index contributed by atoms with van der Waals surface area (Å²) in [5, 5.41) is 43.6. The van der Waals surface area contributed by atoms with Gasteiger partial charge < -0.3 is 53.7 Å². The number of allylic oxidation sites excluding steroid dienone is 6. The number of hydrogen-bond acceptors (Lipinski definition) is 15. The van der Waals surface area contributed by atoms with Gasteiger partial charge in [0.15, 0.2) is 5.78 Å². The third-order valence-electron chi connectivity index (χ3n) is 14.6. The monoisotopic (exact) mass is 960 g/mol. The molecular weight excluding hydrogens is 879 g/mol. The summed E-state index contributed by atoms with van der Waals surface area (Å²) in [6.07, 6.45) is 8.80. The van der Waals surface area contributed by atoms with Crippen LogP contribution in [0.3, 0.4) is 0 Å². The van der Waals surface area contributed by atoms with Crippen LogP contribution in [-0.2, 0) is 52.4 Å².